The lowest BCUT2D eigenvalue weighted by Gasteiger charge is -2.12. The van der Waals surface area contributed by atoms with E-state index in [0.717, 1.165) is 12.8 Å². The van der Waals surface area contributed by atoms with Crippen molar-refractivity contribution in [3.8, 4) is 0 Å². The Hall–Kier alpha value is -2.35. The molecule has 1 fully saturated rings. The summed E-state index contributed by atoms with van der Waals surface area (Å²) in [6.45, 7) is 0.505. The van der Waals surface area contributed by atoms with Gasteiger partial charge in [-0.15, -0.1) is 9.24 Å². The van der Waals surface area contributed by atoms with Gasteiger partial charge < -0.3 is 21.9 Å². The molecule has 1 unspecified atom stereocenters. The number of thiophene rings is 1. The number of benzene rings is 1. The summed E-state index contributed by atoms with van der Waals surface area (Å²) in [5.74, 6) is -0.767. The van der Waals surface area contributed by atoms with Crippen molar-refractivity contribution in [3.63, 3.8) is 0 Å². The van der Waals surface area contributed by atoms with E-state index in [9.17, 15) is 9.90 Å². The topological polar surface area (TPSA) is 138 Å². The van der Waals surface area contributed by atoms with Crippen molar-refractivity contribution >= 4 is 67.3 Å². The summed E-state index contributed by atoms with van der Waals surface area (Å²) >= 11 is 4.92. The molecule has 1 aliphatic rings. The Morgan fingerprint density at radius 2 is 2.10 bits per heavy atom. The monoisotopic (exact) mass is 463 g/mol. The number of nitrogens with zero attached hydrogens (tertiary/aromatic N) is 1. The number of thiol groups is 1. The average molecular weight is 464 g/mol. The molecule has 1 heterocycles. The lowest BCUT2D eigenvalue weighted by atomic mass is 10.1. The van der Waals surface area contributed by atoms with Crippen molar-refractivity contribution in [2.75, 3.05) is 18.5 Å². The molecule has 1 aliphatic carbocycles. The molecule has 0 spiro atoms. The van der Waals surface area contributed by atoms with E-state index in [2.05, 4.69) is 32.2 Å². The number of anilines is 1. The van der Waals surface area contributed by atoms with Gasteiger partial charge in [0.15, 0.2) is 5.76 Å². The van der Waals surface area contributed by atoms with Gasteiger partial charge in [-0.05, 0) is 60.0 Å². The second-order valence-electron chi connectivity index (χ2n) is 6.58. The number of amidine groups is 1. The lowest BCUT2D eigenvalue weighted by Crippen LogP contribution is -2.35. The van der Waals surface area contributed by atoms with Crippen LogP contribution in [0.4, 0.5) is 11.4 Å². The maximum Gasteiger partial charge on any atom is 0.258 e. The van der Waals surface area contributed by atoms with Crippen LogP contribution in [-0.4, -0.2) is 35.4 Å². The third kappa shape index (κ3) is 6.32. The van der Waals surface area contributed by atoms with Crippen LogP contribution in [0.1, 0.15) is 18.4 Å². The number of aliphatic hydroxyl groups excluding tert-OH is 1. The first-order chi connectivity index (χ1) is 14.4. The molecule has 0 aliphatic heterocycles. The zero-order valence-electron chi connectivity index (χ0n) is 16.6. The average Bonchev–Trinajstić information content (AvgIpc) is 3.40. The largest absolute Gasteiger partial charge is 0.505 e. The third-order valence-electron chi connectivity index (χ3n) is 4.31. The first kappa shape index (κ1) is 23.9. The number of carbonyl (C=O) groups is 1. The van der Waals surface area contributed by atoms with Gasteiger partial charge in [0.2, 0.25) is 0 Å². The number of allylic oxidation sites excluding steroid dienone is 1. The number of amides is 1. The summed E-state index contributed by atoms with van der Waals surface area (Å²) in [5, 5.41) is 25.9. The number of aliphatic hydroxyl groups is 1. The van der Waals surface area contributed by atoms with E-state index in [0.29, 0.717) is 34.7 Å². The molecule has 1 aromatic heterocycles. The Labute approximate surface area is 187 Å². The van der Waals surface area contributed by atoms with Crippen molar-refractivity contribution in [2.45, 2.75) is 12.8 Å². The maximum absolute atomic E-state index is 12.8. The molecule has 7 N–H and O–H groups in total. The van der Waals surface area contributed by atoms with E-state index < -0.39 is 11.7 Å². The van der Waals surface area contributed by atoms with Crippen LogP contribution >= 0.6 is 33.2 Å². The molecule has 3 rings (SSSR count). The fourth-order valence-corrected chi connectivity index (χ4v) is 3.52. The van der Waals surface area contributed by atoms with E-state index in [-0.39, 0.29) is 17.1 Å². The minimum Gasteiger partial charge on any atom is -0.505 e. The highest BCUT2D eigenvalue weighted by Gasteiger charge is 2.26. The highest BCUT2D eigenvalue weighted by Crippen LogP contribution is 2.27. The van der Waals surface area contributed by atoms with Gasteiger partial charge in [-0.1, -0.05) is 0 Å². The summed E-state index contributed by atoms with van der Waals surface area (Å²) in [6, 6.07) is 6.74. The van der Waals surface area contributed by atoms with Crippen molar-refractivity contribution in [3.05, 3.63) is 51.9 Å². The summed E-state index contributed by atoms with van der Waals surface area (Å²) in [7, 11) is 2.51. The first-order valence-corrected chi connectivity index (χ1v) is 11.6. The van der Waals surface area contributed by atoms with Crippen LogP contribution in [0.2, 0.25) is 0 Å². The predicted molar refractivity (Wildman–Crippen MR) is 133 cm³/mol. The van der Waals surface area contributed by atoms with Gasteiger partial charge in [-0.25, -0.2) is 4.99 Å². The smallest absolute Gasteiger partial charge is 0.258 e. The molecule has 0 radical (unpaired) electrons. The molecule has 10 heteroatoms. The number of nitrogens with one attached hydrogen (secondary N) is 2. The van der Waals surface area contributed by atoms with Crippen molar-refractivity contribution in [2.24, 2.45) is 16.6 Å². The van der Waals surface area contributed by atoms with Gasteiger partial charge in [0, 0.05) is 23.2 Å². The number of hydrogen-bond donors (Lipinski definition) is 6. The number of nitrogens with two attached hydrogens (primary N) is 2. The first-order valence-electron chi connectivity index (χ1n) is 9.14. The quantitative estimate of drug-likeness (QED) is 0.0715. The minimum atomic E-state index is -0.550. The number of nitrogen functional groups attached to an aromatic ring is 1. The van der Waals surface area contributed by atoms with E-state index >= 15 is 0 Å². The zero-order valence-corrected chi connectivity index (χ0v) is 19.4. The van der Waals surface area contributed by atoms with Gasteiger partial charge >= 0.3 is 0 Å². The van der Waals surface area contributed by atoms with Gasteiger partial charge in [-0.2, -0.15) is 24.0 Å². The van der Waals surface area contributed by atoms with Crippen LogP contribution in [0.5, 0.6) is 0 Å². The Balaban J connectivity index is 0.00000155. The molecule has 0 saturated heterocycles. The molecule has 160 valence electrons. The molecule has 1 aromatic carbocycles. The molecular weight excluding hydrogens is 437 g/mol. The van der Waals surface area contributed by atoms with Crippen LogP contribution in [-0.2, 0) is 4.79 Å². The van der Waals surface area contributed by atoms with E-state index in [4.69, 9.17) is 16.9 Å². The van der Waals surface area contributed by atoms with Crippen LogP contribution < -0.4 is 22.1 Å². The molecule has 7 nitrogen and oxygen atoms in total. The van der Waals surface area contributed by atoms with Gasteiger partial charge in [0.1, 0.15) is 17.1 Å². The van der Waals surface area contributed by atoms with Gasteiger partial charge in [0.05, 0.1) is 5.69 Å². The summed E-state index contributed by atoms with van der Waals surface area (Å²) in [4.78, 5) is 17.0. The second-order valence-corrected chi connectivity index (χ2v) is 7.98. The zero-order chi connectivity index (χ0) is 22.3. The third-order valence-corrected chi connectivity index (χ3v) is 5.45. The summed E-state index contributed by atoms with van der Waals surface area (Å²) in [6.07, 6.45) is 3.84. The van der Waals surface area contributed by atoms with Crippen LogP contribution in [0, 0.1) is 11.3 Å². The molecule has 1 atom stereocenters. The van der Waals surface area contributed by atoms with Crippen molar-refractivity contribution in [1.82, 2.24) is 5.32 Å². The van der Waals surface area contributed by atoms with Gasteiger partial charge in [0.25, 0.3) is 5.91 Å². The number of aliphatic imine (C=N–C) groups is 1. The standard InChI is InChI=1S/C19H22N5O2PS.CH4S/c20-12-3-4-13(14(27)7-12)24-18(22)15(19(26)23-8-10-1-2-10)17(25)16(21)11-5-6-28-9-11;1-2/h3-7,9-10,21,25H,1-2,8,20,27H2,(H2,22,24)(H,23,26);2H,1H3/b17-15+,21-16?;. The molecule has 0 bridgehead atoms. The van der Waals surface area contributed by atoms with Crippen molar-refractivity contribution in [1.29, 1.82) is 5.41 Å². The van der Waals surface area contributed by atoms with Crippen LogP contribution in [0.3, 0.4) is 0 Å². The molecule has 1 saturated carbocycles. The second kappa shape index (κ2) is 11.2. The molecule has 2 aromatic rings. The number of carbonyl (C=O) groups excluding carboxylic acids is 1. The Morgan fingerprint density at radius 1 is 1.40 bits per heavy atom. The maximum atomic E-state index is 12.8. The highest BCUT2D eigenvalue weighted by atomic mass is 32.1. The minimum absolute atomic E-state index is 0.167. The summed E-state index contributed by atoms with van der Waals surface area (Å²) in [5.41, 5.74) is 13.0. The van der Waals surface area contributed by atoms with Gasteiger partial charge in [-0.3, -0.25) is 10.2 Å². The van der Waals surface area contributed by atoms with Crippen LogP contribution in [0.15, 0.2) is 51.4 Å². The fraction of sp³-hybridized carbons (Fsp3) is 0.250. The van der Waals surface area contributed by atoms with E-state index in [1.165, 1.54) is 11.3 Å². The Morgan fingerprint density at radius 3 is 2.67 bits per heavy atom. The highest BCUT2D eigenvalue weighted by molar-refractivity contribution is 7.79. The van der Waals surface area contributed by atoms with Crippen LogP contribution in [0.25, 0.3) is 0 Å². The molecule has 30 heavy (non-hydrogen) atoms. The Bertz CT molecular complexity index is 970. The van der Waals surface area contributed by atoms with E-state index in [1.54, 1.807) is 41.3 Å². The van der Waals surface area contributed by atoms with Crippen molar-refractivity contribution < 1.29 is 9.90 Å². The Kier molecular flexibility index (Phi) is 8.89. The summed E-state index contributed by atoms with van der Waals surface area (Å²) < 4.78 is 0. The number of hydrogen-bond acceptors (Lipinski definition) is 7. The molecular formula is C20H26N5O2PS2. The lowest BCUT2D eigenvalue weighted by molar-refractivity contribution is -0.117. The van der Waals surface area contributed by atoms with E-state index in [1.807, 2.05) is 0 Å². The normalized spacial score (nSPS) is 14.3. The molecule has 1 amide bonds. The fourth-order valence-electron chi connectivity index (χ4n) is 2.52. The number of rotatable bonds is 7. The SMILES string of the molecule is CS.N=C(/C(O)=C(\C(=O)NCC1CC1)C(N)=Nc1ccc(N)cc1P)c1ccsc1. The predicted octanol–water partition coefficient (Wildman–Crippen LogP) is 2.77.